The predicted molar refractivity (Wildman–Crippen MR) is 126 cm³/mol. The van der Waals surface area contributed by atoms with Crippen molar-refractivity contribution in [1.29, 1.82) is 5.26 Å². The van der Waals surface area contributed by atoms with Gasteiger partial charge in [0.2, 0.25) is 5.69 Å². The number of furan rings is 1. The second-order valence-electron chi connectivity index (χ2n) is 8.84. The summed E-state index contributed by atoms with van der Waals surface area (Å²) in [5.41, 5.74) is 10.6. The van der Waals surface area contributed by atoms with Gasteiger partial charge >= 0.3 is 0 Å². The van der Waals surface area contributed by atoms with Crippen molar-refractivity contribution < 1.29 is 8.98 Å². The lowest BCUT2D eigenvalue weighted by molar-refractivity contribution is -0.660. The van der Waals surface area contributed by atoms with Gasteiger partial charge in [0.15, 0.2) is 6.20 Å². The van der Waals surface area contributed by atoms with Crippen LogP contribution in [0.1, 0.15) is 28.8 Å². The molecule has 1 aliphatic rings. The van der Waals surface area contributed by atoms with Crippen molar-refractivity contribution in [3.8, 4) is 28.5 Å². The zero-order chi connectivity index (χ0) is 22.0. The molecule has 0 radical (unpaired) electrons. The minimum Gasteiger partial charge on any atom is -0.454 e. The molecule has 156 valence electrons. The molecule has 3 aromatic heterocycles. The molecule has 4 heteroatoms. The Balaban J connectivity index is 1.74. The van der Waals surface area contributed by atoms with E-state index in [9.17, 15) is 5.26 Å². The summed E-state index contributed by atoms with van der Waals surface area (Å²) in [6, 6.07) is 16.9. The van der Waals surface area contributed by atoms with E-state index < -0.39 is 0 Å². The van der Waals surface area contributed by atoms with Crippen molar-refractivity contribution in [1.82, 2.24) is 4.57 Å². The number of nitrogens with zero attached hydrogens (tertiary/aromatic N) is 3. The van der Waals surface area contributed by atoms with Gasteiger partial charge in [0.05, 0.1) is 17.2 Å². The van der Waals surface area contributed by atoms with E-state index >= 15 is 0 Å². The average Bonchev–Trinajstić information content (AvgIpc) is 3.49. The monoisotopic (exact) mass is 418 g/mol. The van der Waals surface area contributed by atoms with E-state index in [-0.39, 0.29) is 0 Å². The molecule has 0 fully saturated rings. The maximum atomic E-state index is 9.98. The number of hydrogen-bond donors (Lipinski definition) is 0. The van der Waals surface area contributed by atoms with Gasteiger partial charge in [0.1, 0.15) is 18.2 Å². The van der Waals surface area contributed by atoms with E-state index in [2.05, 4.69) is 72.9 Å². The van der Waals surface area contributed by atoms with E-state index in [1.165, 1.54) is 16.8 Å². The number of fused-ring (bicyclic) bond motifs is 4. The molecule has 0 N–H and O–H groups in total. The van der Waals surface area contributed by atoms with Gasteiger partial charge in [0.25, 0.3) is 0 Å². The zero-order valence-corrected chi connectivity index (χ0v) is 18.6. The molecule has 0 aliphatic heterocycles. The van der Waals surface area contributed by atoms with Crippen LogP contribution in [-0.2, 0) is 26.9 Å². The number of nitriles is 1. The maximum absolute atomic E-state index is 9.98. The molecule has 0 saturated heterocycles. The molecule has 32 heavy (non-hydrogen) atoms. The lowest BCUT2D eigenvalue weighted by Crippen LogP contribution is -2.30. The molecule has 0 bridgehead atoms. The Hall–Kier alpha value is -3.84. The summed E-state index contributed by atoms with van der Waals surface area (Å²) in [7, 11) is 4.16. The van der Waals surface area contributed by atoms with E-state index in [0.29, 0.717) is 5.56 Å². The summed E-state index contributed by atoms with van der Waals surface area (Å²) in [6.07, 6.45) is 7.55. The largest absolute Gasteiger partial charge is 0.454 e. The van der Waals surface area contributed by atoms with Crippen LogP contribution < -0.4 is 4.57 Å². The van der Waals surface area contributed by atoms with Crippen molar-refractivity contribution in [3.63, 3.8) is 0 Å². The van der Waals surface area contributed by atoms with Gasteiger partial charge in [-0.1, -0.05) is 12.1 Å². The number of aromatic nitrogens is 2. The normalized spacial score (nSPS) is 13.1. The van der Waals surface area contributed by atoms with Gasteiger partial charge in [-0.3, -0.25) is 0 Å². The van der Waals surface area contributed by atoms with Gasteiger partial charge in [-0.15, -0.1) is 0 Å². The molecule has 1 aliphatic carbocycles. The van der Waals surface area contributed by atoms with E-state index in [0.717, 1.165) is 63.6 Å². The Morgan fingerprint density at radius 2 is 1.78 bits per heavy atom. The summed E-state index contributed by atoms with van der Waals surface area (Å²) in [4.78, 5) is 0. The third-order valence-electron chi connectivity index (χ3n) is 6.98. The van der Waals surface area contributed by atoms with E-state index in [4.69, 9.17) is 4.42 Å². The standard InChI is InChI=1S/C28H24N3O/c1-17-10-12-20-21-13-11-18(15-29)26(22-16-31(3)23-9-6-7-19(22)23)28(21)32-27(20)25(17)24-8-4-5-14-30(24)2/h4-5,8,10-14,16H,6-7,9H2,1-3H3/q+1. The first-order valence-corrected chi connectivity index (χ1v) is 11.1. The van der Waals surface area contributed by atoms with Gasteiger partial charge < -0.3 is 8.98 Å². The SMILES string of the molecule is Cc1ccc2c(oc3c(-c4cn(C)c5c4CCC5)c(C#N)ccc32)c1-c1cccc[n+]1C. The van der Waals surface area contributed by atoms with Crippen molar-refractivity contribution in [2.75, 3.05) is 0 Å². The number of rotatable bonds is 2. The van der Waals surface area contributed by atoms with Gasteiger partial charge in [-0.05, 0) is 55.5 Å². The highest BCUT2D eigenvalue weighted by molar-refractivity contribution is 6.14. The fourth-order valence-electron chi connectivity index (χ4n) is 5.44. The minimum atomic E-state index is 0.667. The number of pyridine rings is 1. The summed E-state index contributed by atoms with van der Waals surface area (Å²) in [5.74, 6) is 0. The second-order valence-corrected chi connectivity index (χ2v) is 8.84. The molecule has 0 spiro atoms. The predicted octanol–water partition coefficient (Wildman–Crippen LogP) is 5.75. The molecule has 5 aromatic rings. The third kappa shape index (κ3) is 2.51. The molecule has 3 heterocycles. The fraction of sp³-hybridized carbons (Fsp3) is 0.214. The topological polar surface area (TPSA) is 45.7 Å². The molecule has 0 atom stereocenters. The number of hydrogen-bond acceptors (Lipinski definition) is 2. The van der Waals surface area contributed by atoms with Crippen molar-refractivity contribution in [3.05, 3.63) is 77.2 Å². The highest BCUT2D eigenvalue weighted by atomic mass is 16.3. The summed E-state index contributed by atoms with van der Waals surface area (Å²) >= 11 is 0. The van der Waals surface area contributed by atoms with E-state index in [1.54, 1.807) is 0 Å². The van der Waals surface area contributed by atoms with Crippen LogP contribution in [0.5, 0.6) is 0 Å². The Labute approximate surface area is 186 Å². The molecule has 2 aromatic carbocycles. The quantitative estimate of drug-likeness (QED) is 0.343. The van der Waals surface area contributed by atoms with Gasteiger partial charge in [-0.25, -0.2) is 4.57 Å². The second kappa shape index (κ2) is 6.83. The third-order valence-corrected chi connectivity index (χ3v) is 6.98. The summed E-state index contributed by atoms with van der Waals surface area (Å²) in [5, 5.41) is 12.1. The Morgan fingerprint density at radius 1 is 1.00 bits per heavy atom. The first-order chi connectivity index (χ1) is 15.6. The van der Waals surface area contributed by atoms with Crippen LogP contribution in [0.3, 0.4) is 0 Å². The van der Waals surface area contributed by atoms with Crippen molar-refractivity contribution in [2.24, 2.45) is 14.1 Å². The van der Waals surface area contributed by atoms with E-state index in [1.807, 2.05) is 18.2 Å². The number of benzene rings is 2. The summed E-state index contributed by atoms with van der Waals surface area (Å²) in [6.45, 7) is 2.13. The Morgan fingerprint density at radius 3 is 2.56 bits per heavy atom. The average molecular weight is 419 g/mol. The molecule has 6 rings (SSSR count). The van der Waals surface area contributed by atoms with Crippen molar-refractivity contribution in [2.45, 2.75) is 26.2 Å². The molecular formula is C28H24N3O+. The molecule has 0 amide bonds. The Bertz CT molecular complexity index is 1590. The Kier molecular flexibility index (Phi) is 4.03. The number of aryl methyl sites for hydroxylation is 3. The smallest absolute Gasteiger partial charge is 0.216 e. The molecule has 0 saturated carbocycles. The minimum absolute atomic E-state index is 0.667. The van der Waals surface area contributed by atoms with Crippen LogP contribution in [0.4, 0.5) is 0 Å². The van der Waals surface area contributed by atoms with Gasteiger partial charge in [-0.2, -0.15) is 5.26 Å². The first-order valence-electron chi connectivity index (χ1n) is 11.1. The summed E-state index contributed by atoms with van der Waals surface area (Å²) < 4.78 is 11.0. The molecule has 0 unspecified atom stereocenters. The van der Waals surface area contributed by atoms with Crippen LogP contribution in [0.25, 0.3) is 44.3 Å². The van der Waals surface area contributed by atoms with Crippen LogP contribution in [0, 0.1) is 18.3 Å². The first kappa shape index (κ1) is 18.9. The highest BCUT2D eigenvalue weighted by Gasteiger charge is 2.26. The van der Waals surface area contributed by atoms with Crippen LogP contribution in [0.2, 0.25) is 0 Å². The lowest BCUT2D eigenvalue weighted by atomic mass is 9.95. The van der Waals surface area contributed by atoms with Crippen LogP contribution >= 0.6 is 0 Å². The molecule has 4 nitrogen and oxygen atoms in total. The van der Waals surface area contributed by atoms with Gasteiger partial charge in [0, 0.05) is 53.0 Å². The van der Waals surface area contributed by atoms with Crippen molar-refractivity contribution >= 4 is 21.9 Å². The van der Waals surface area contributed by atoms with Crippen LogP contribution in [0.15, 0.2) is 59.3 Å². The lowest BCUT2D eigenvalue weighted by Gasteiger charge is -2.06. The molecular weight excluding hydrogens is 394 g/mol. The zero-order valence-electron chi connectivity index (χ0n) is 18.6. The maximum Gasteiger partial charge on any atom is 0.216 e. The van der Waals surface area contributed by atoms with Crippen LogP contribution in [-0.4, -0.2) is 4.57 Å². The highest BCUT2D eigenvalue weighted by Crippen LogP contribution is 2.44. The fourth-order valence-corrected chi connectivity index (χ4v) is 5.44.